The van der Waals surface area contributed by atoms with E-state index in [9.17, 15) is 4.21 Å². The lowest BCUT2D eigenvalue weighted by Crippen LogP contribution is -2.12. The predicted molar refractivity (Wildman–Crippen MR) is 72.1 cm³/mol. The van der Waals surface area contributed by atoms with Crippen LogP contribution in [0.1, 0.15) is 12.5 Å². The Kier molecular flexibility index (Phi) is 7.23. The molecule has 1 aromatic carbocycles. The van der Waals surface area contributed by atoms with E-state index in [4.69, 9.17) is 0 Å². The van der Waals surface area contributed by atoms with Crippen LogP contribution in [0.5, 0.6) is 0 Å². The second-order valence-electron chi connectivity index (χ2n) is 2.85. The normalized spacial score (nSPS) is 11.3. The molecular weight excluding hydrogens is 280 g/mol. The summed E-state index contributed by atoms with van der Waals surface area (Å²) in [7, 11) is 0. The molecular formula is C10H13BrOS2. The van der Waals surface area contributed by atoms with Gasteiger partial charge in [-0.2, -0.15) is 13.5 Å². The maximum Gasteiger partial charge on any atom is 0.0885 e. The van der Waals surface area contributed by atoms with Crippen molar-refractivity contribution in [2.45, 2.75) is 18.2 Å². The van der Waals surface area contributed by atoms with E-state index in [1.54, 1.807) is 0 Å². The molecule has 0 saturated carbocycles. The summed E-state index contributed by atoms with van der Waals surface area (Å²) in [6.45, 7) is 1.86. The first-order valence-corrected chi connectivity index (χ1v) is 5.71. The van der Waals surface area contributed by atoms with Crippen LogP contribution in [-0.2, 0) is 17.7 Å². The third-order valence-electron chi connectivity index (χ3n) is 1.83. The van der Waals surface area contributed by atoms with Crippen molar-refractivity contribution in [2.75, 3.05) is 0 Å². The second-order valence-corrected chi connectivity index (χ2v) is 4.77. The summed E-state index contributed by atoms with van der Waals surface area (Å²) in [6.07, 6.45) is 0.877. The van der Waals surface area contributed by atoms with Gasteiger partial charge in [-0.25, -0.2) is 4.21 Å². The minimum absolute atomic E-state index is 0. The Bertz CT molecular complexity index is 320. The largest absolute Gasteiger partial charge is 0.212 e. The first-order valence-electron chi connectivity index (χ1n) is 4.05. The Morgan fingerprint density at radius 3 is 2.50 bits per heavy atom. The maximum absolute atomic E-state index is 10.5. The molecule has 0 radical (unpaired) electrons. The van der Waals surface area contributed by atoms with Gasteiger partial charge in [0.2, 0.25) is 0 Å². The van der Waals surface area contributed by atoms with Crippen molar-refractivity contribution >= 4 is 45.5 Å². The lowest BCUT2D eigenvalue weighted by molar-refractivity contribution is 0.700. The van der Waals surface area contributed by atoms with E-state index in [2.05, 4.69) is 28.1 Å². The molecule has 0 heterocycles. The SMILES string of the molecule is CC(=S=O)C(Br)Cc1ccccc1.S. The van der Waals surface area contributed by atoms with Gasteiger partial charge in [-0.1, -0.05) is 46.3 Å². The minimum Gasteiger partial charge on any atom is -0.212 e. The lowest BCUT2D eigenvalue weighted by Gasteiger charge is -2.06. The fourth-order valence-electron chi connectivity index (χ4n) is 1.02. The summed E-state index contributed by atoms with van der Waals surface area (Å²) >= 11 is 4.05. The van der Waals surface area contributed by atoms with Crippen LogP contribution in [0, 0.1) is 0 Å². The zero-order valence-corrected chi connectivity index (χ0v) is 11.3. The molecule has 0 spiro atoms. The fourth-order valence-corrected chi connectivity index (χ4v) is 1.81. The zero-order valence-electron chi connectivity index (χ0n) is 7.87. The fraction of sp³-hybridized carbons (Fsp3) is 0.300. The predicted octanol–water partition coefficient (Wildman–Crippen LogP) is 2.51. The van der Waals surface area contributed by atoms with Crippen LogP contribution in [0.2, 0.25) is 0 Å². The summed E-state index contributed by atoms with van der Waals surface area (Å²) in [5.74, 6) is 0. The van der Waals surface area contributed by atoms with Gasteiger partial charge in [0, 0.05) is 4.86 Å². The smallest absolute Gasteiger partial charge is 0.0885 e. The van der Waals surface area contributed by atoms with Crippen molar-refractivity contribution in [1.29, 1.82) is 0 Å². The van der Waals surface area contributed by atoms with Crippen molar-refractivity contribution in [3.63, 3.8) is 0 Å². The Morgan fingerprint density at radius 1 is 1.43 bits per heavy atom. The molecule has 1 nitrogen and oxygen atoms in total. The molecule has 1 aromatic rings. The first-order chi connectivity index (χ1) is 6.24. The molecule has 0 bridgehead atoms. The standard InChI is InChI=1S/C10H11BrOS.H2S/c1-8(13-12)10(11)7-9-5-3-2-4-6-9;/h2-6,10H,7H2,1H3;1H2. The van der Waals surface area contributed by atoms with Gasteiger partial charge in [-0.05, 0) is 18.9 Å². The Labute approximate surface area is 104 Å². The Balaban J connectivity index is 0.00000169. The van der Waals surface area contributed by atoms with Gasteiger partial charge in [0.05, 0.1) is 16.1 Å². The molecule has 0 aliphatic heterocycles. The first kappa shape index (κ1) is 13.9. The van der Waals surface area contributed by atoms with Crippen molar-refractivity contribution in [1.82, 2.24) is 0 Å². The van der Waals surface area contributed by atoms with Gasteiger partial charge in [0.25, 0.3) is 0 Å². The summed E-state index contributed by atoms with van der Waals surface area (Å²) < 4.78 is 10.5. The molecule has 1 unspecified atom stereocenters. The Hall–Kier alpha value is -0.0600. The molecule has 1 atom stereocenters. The van der Waals surface area contributed by atoms with Gasteiger partial charge < -0.3 is 0 Å². The molecule has 14 heavy (non-hydrogen) atoms. The number of hydrogen-bond acceptors (Lipinski definition) is 1. The highest BCUT2D eigenvalue weighted by Gasteiger charge is 2.07. The summed E-state index contributed by atoms with van der Waals surface area (Å²) in [5.41, 5.74) is 1.25. The van der Waals surface area contributed by atoms with Crippen LogP contribution in [0.3, 0.4) is 0 Å². The van der Waals surface area contributed by atoms with E-state index in [0.29, 0.717) is 11.3 Å². The van der Waals surface area contributed by atoms with Gasteiger partial charge in [0.1, 0.15) is 0 Å². The van der Waals surface area contributed by atoms with Gasteiger partial charge in [-0.15, -0.1) is 0 Å². The quantitative estimate of drug-likeness (QED) is 0.618. The molecule has 78 valence electrons. The van der Waals surface area contributed by atoms with Crippen LogP contribution < -0.4 is 0 Å². The van der Waals surface area contributed by atoms with Gasteiger partial charge >= 0.3 is 0 Å². The molecule has 0 amide bonds. The van der Waals surface area contributed by atoms with E-state index >= 15 is 0 Å². The van der Waals surface area contributed by atoms with Gasteiger partial charge in [-0.3, -0.25) is 0 Å². The van der Waals surface area contributed by atoms with E-state index in [-0.39, 0.29) is 18.3 Å². The molecule has 1 rings (SSSR count). The zero-order chi connectivity index (χ0) is 9.68. The van der Waals surface area contributed by atoms with Crippen molar-refractivity contribution in [3.05, 3.63) is 35.9 Å². The summed E-state index contributed by atoms with van der Waals surface area (Å²) in [6, 6.07) is 10.1. The molecule has 0 N–H and O–H groups in total. The average molecular weight is 293 g/mol. The molecule has 4 heteroatoms. The van der Waals surface area contributed by atoms with E-state index in [0.717, 1.165) is 11.3 Å². The highest BCUT2D eigenvalue weighted by atomic mass is 79.9. The Morgan fingerprint density at radius 2 is 2.00 bits per heavy atom. The topological polar surface area (TPSA) is 17.1 Å². The molecule has 0 aromatic heterocycles. The summed E-state index contributed by atoms with van der Waals surface area (Å²) in [5, 5.41) is 0. The van der Waals surface area contributed by atoms with E-state index < -0.39 is 0 Å². The average Bonchev–Trinajstić information content (AvgIpc) is 2.18. The lowest BCUT2D eigenvalue weighted by atomic mass is 10.1. The molecule has 0 saturated heterocycles. The molecule has 0 fully saturated rings. The highest BCUT2D eigenvalue weighted by Crippen LogP contribution is 2.10. The number of benzene rings is 1. The monoisotopic (exact) mass is 292 g/mol. The van der Waals surface area contributed by atoms with Crippen LogP contribution in [0.25, 0.3) is 0 Å². The summed E-state index contributed by atoms with van der Waals surface area (Å²) in [4.78, 5) is 1.06. The number of alkyl halides is 1. The third-order valence-corrected chi connectivity index (χ3v) is 3.69. The van der Waals surface area contributed by atoms with E-state index in [1.165, 1.54) is 5.56 Å². The second kappa shape index (κ2) is 7.26. The highest BCUT2D eigenvalue weighted by molar-refractivity contribution is 9.10. The van der Waals surface area contributed by atoms with Crippen molar-refractivity contribution in [2.24, 2.45) is 0 Å². The van der Waals surface area contributed by atoms with Crippen molar-refractivity contribution < 1.29 is 4.21 Å². The van der Waals surface area contributed by atoms with Crippen LogP contribution in [0.15, 0.2) is 30.3 Å². The number of halogens is 1. The van der Waals surface area contributed by atoms with Gasteiger partial charge in [0.15, 0.2) is 0 Å². The number of rotatable bonds is 3. The molecule has 0 aliphatic carbocycles. The maximum atomic E-state index is 10.5. The minimum atomic E-state index is 0. The van der Waals surface area contributed by atoms with Crippen molar-refractivity contribution in [3.8, 4) is 0 Å². The van der Waals surface area contributed by atoms with Crippen LogP contribution >= 0.6 is 29.4 Å². The third kappa shape index (κ3) is 4.44. The number of hydrogen-bond donors (Lipinski definition) is 0. The van der Waals surface area contributed by atoms with E-state index in [1.807, 2.05) is 25.1 Å². The van der Waals surface area contributed by atoms with Crippen LogP contribution in [0.4, 0.5) is 0 Å². The molecule has 0 aliphatic rings. The van der Waals surface area contributed by atoms with Crippen LogP contribution in [-0.4, -0.2) is 13.9 Å².